The molecule has 2 saturated carbocycles. The molecule has 0 bridgehead atoms. The van der Waals surface area contributed by atoms with Crippen molar-refractivity contribution in [3.05, 3.63) is 0 Å². The Morgan fingerprint density at radius 3 is 2.26 bits per heavy atom. The first kappa shape index (κ1) is 14.8. The van der Waals surface area contributed by atoms with Crippen LogP contribution < -0.4 is 0 Å². The SMILES string of the molecule is CC1(C)CCCC(N(CC(=O)O)C2CCCC2)CC1. The molecule has 2 fully saturated rings. The highest BCUT2D eigenvalue weighted by molar-refractivity contribution is 5.69. The zero-order valence-corrected chi connectivity index (χ0v) is 12.5. The second kappa shape index (κ2) is 6.25. The van der Waals surface area contributed by atoms with Crippen LogP contribution in [0.2, 0.25) is 0 Å². The summed E-state index contributed by atoms with van der Waals surface area (Å²) in [5.74, 6) is -0.657. The molecule has 2 rings (SSSR count). The van der Waals surface area contributed by atoms with Gasteiger partial charge in [-0.3, -0.25) is 9.69 Å². The van der Waals surface area contributed by atoms with Gasteiger partial charge in [-0.2, -0.15) is 0 Å². The lowest BCUT2D eigenvalue weighted by atomic mass is 9.85. The molecule has 0 heterocycles. The number of carbonyl (C=O) groups is 1. The molecule has 0 aromatic heterocycles. The quantitative estimate of drug-likeness (QED) is 0.790. The predicted octanol–water partition coefficient (Wildman–Crippen LogP) is 3.67. The Kier molecular flexibility index (Phi) is 4.88. The molecule has 2 aliphatic carbocycles. The maximum Gasteiger partial charge on any atom is 0.317 e. The van der Waals surface area contributed by atoms with Gasteiger partial charge in [-0.25, -0.2) is 0 Å². The molecule has 0 aliphatic heterocycles. The summed E-state index contributed by atoms with van der Waals surface area (Å²) in [6.07, 6.45) is 11.1. The fourth-order valence-electron chi connectivity index (χ4n) is 3.92. The normalized spacial score (nSPS) is 28.5. The van der Waals surface area contributed by atoms with Crippen molar-refractivity contribution in [1.82, 2.24) is 4.90 Å². The van der Waals surface area contributed by atoms with Crippen molar-refractivity contribution in [2.45, 2.75) is 83.7 Å². The fraction of sp³-hybridized carbons (Fsp3) is 0.938. The number of rotatable bonds is 4. The van der Waals surface area contributed by atoms with Crippen molar-refractivity contribution in [1.29, 1.82) is 0 Å². The van der Waals surface area contributed by atoms with E-state index in [0.717, 1.165) is 0 Å². The zero-order valence-electron chi connectivity index (χ0n) is 12.5. The van der Waals surface area contributed by atoms with Gasteiger partial charge >= 0.3 is 5.97 Å². The van der Waals surface area contributed by atoms with Crippen LogP contribution in [0.1, 0.15) is 71.6 Å². The van der Waals surface area contributed by atoms with Crippen molar-refractivity contribution in [2.24, 2.45) is 5.41 Å². The average molecular weight is 267 g/mol. The Labute approximate surface area is 117 Å². The van der Waals surface area contributed by atoms with Crippen molar-refractivity contribution in [3.8, 4) is 0 Å². The average Bonchev–Trinajstić information content (AvgIpc) is 2.78. The van der Waals surface area contributed by atoms with Gasteiger partial charge in [0, 0.05) is 12.1 Å². The van der Waals surface area contributed by atoms with Crippen LogP contribution in [0.15, 0.2) is 0 Å². The maximum atomic E-state index is 11.2. The van der Waals surface area contributed by atoms with Crippen LogP contribution in [0.25, 0.3) is 0 Å². The number of carboxylic acid groups (broad SMARTS) is 1. The Hall–Kier alpha value is -0.570. The van der Waals surface area contributed by atoms with Crippen molar-refractivity contribution in [2.75, 3.05) is 6.54 Å². The Bertz CT molecular complexity index is 308. The molecule has 0 spiro atoms. The molecule has 19 heavy (non-hydrogen) atoms. The van der Waals surface area contributed by atoms with Crippen molar-refractivity contribution < 1.29 is 9.90 Å². The third kappa shape index (κ3) is 4.20. The minimum atomic E-state index is -0.657. The van der Waals surface area contributed by atoms with E-state index in [0.29, 0.717) is 17.5 Å². The summed E-state index contributed by atoms with van der Waals surface area (Å²) in [5.41, 5.74) is 0.444. The van der Waals surface area contributed by atoms with Crippen LogP contribution in [-0.2, 0) is 4.79 Å². The van der Waals surface area contributed by atoms with Crippen molar-refractivity contribution in [3.63, 3.8) is 0 Å². The Morgan fingerprint density at radius 1 is 1.05 bits per heavy atom. The molecule has 1 unspecified atom stereocenters. The first-order valence-electron chi connectivity index (χ1n) is 7.95. The molecule has 110 valence electrons. The van der Waals surface area contributed by atoms with Crippen LogP contribution in [0.5, 0.6) is 0 Å². The van der Waals surface area contributed by atoms with E-state index in [1.54, 1.807) is 0 Å². The predicted molar refractivity (Wildman–Crippen MR) is 77.3 cm³/mol. The van der Waals surface area contributed by atoms with Gasteiger partial charge in [-0.15, -0.1) is 0 Å². The second-order valence-corrected chi connectivity index (χ2v) is 7.25. The van der Waals surface area contributed by atoms with E-state index >= 15 is 0 Å². The molecular weight excluding hydrogens is 238 g/mol. The van der Waals surface area contributed by atoms with E-state index in [4.69, 9.17) is 0 Å². The smallest absolute Gasteiger partial charge is 0.317 e. The molecule has 0 amide bonds. The van der Waals surface area contributed by atoms with Crippen LogP contribution >= 0.6 is 0 Å². The van der Waals surface area contributed by atoms with E-state index in [2.05, 4.69) is 18.7 Å². The second-order valence-electron chi connectivity index (χ2n) is 7.25. The zero-order chi connectivity index (χ0) is 13.9. The number of hydrogen-bond donors (Lipinski definition) is 1. The lowest BCUT2D eigenvalue weighted by Gasteiger charge is -2.35. The highest BCUT2D eigenvalue weighted by Crippen LogP contribution is 2.37. The molecule has 3 nitrogen and oxygen atoms in total. The third-order valence-corrected chi connectivity index (χ3v) is 5.13. The van der Waals surface area contributed by atoms with Crippen LogP contribution in [-0.4, -0.2) is 34.6 Å². The van der Waals surface area contributed by atoms with E-state index in [1.807, 2.05) is 0 Å². The summed E-state index contributed by atoms with van der Waals surface area (Å²) < 4.78 is 0. The van der Waals surface area contributed by atoms with E-state index in [-0.39, 0.29) is 6.54 Å². The highest BCUT2D eigenvalue weighted by Gasteiger charge is 2.33. The van der Waals surface area contributed by atoms with E-state index in [9.17, 15) is 9.90 Å². The molecule has 0 radical (unpaired) electrons. The van der Waals surface area contributed by atoms with Gasteiger partial charge in [0.1, 0.15) is 0 Å². The molecule has 2 aliphatic rings. The van der Waals surface area contributed by atoms with Gasteiger partial charge in [0.2, 0.25) is 0 Å². The molecular formula is C16H29NO2. The third-order valence-electron chi connectivity index (χ3n) is 5.13. The maximum absolute atomic E-state index is 11.2. The Balaban J connectivity index is 2.02. The summed E-state index contributed by atoms with van der Waals surface area (Å²) in [4.78, 5) is 13.5. The van der Waals surface area contributed by atoms with Crippen molar-refractivity contribution >= 4 is 5.97 Å². The molecule has 3 heteroatoms. The number of carboxylic acids is 1. The summed E-state index contributed by atoms with van der Waals surface area (Å²) in [6, 6.07) is 1.03. The Morgan fingerprint density at radius 2 is 1.63 bits per heavy atom. The van der Waals surface area contributed by atoms with E-state index in [1.165, 1.54) is 57.8 Å². The van der Waals surface area contributed by atoms with Gasteiger partial charge in [0.25, 0.3) is 0 Å². The summed E-state index contributed by atoms with van der Waals surface area (Å²) in [5, 5.41) is 9.21. The standard InChI is InChI=1S/C16H29NO2/c1-16(2)10-5-8-14(9-11-16)17(12-15(18)19)13-6-3-4-7-13/h13-14H,3-12H2,1-2H3,(H,18,19). The topological polar surface area (TPSA) is 40.5 Å². The van der Waals surface area contributed by atoms with Gasteiger partial charge in [0.05, 0.1) is 6.54 Å². The van der Waals surface area contributed by atoms with Crippen LogP contribution in [0, 0.1) is 5.41 Å². The van der Waals surface area contributed by atoms with Crippen LogP contribution in [0.3, 0.4) is 0 Å². The minimum absolute atomic E-state index is 0.246. The molecule has 0 aromatic rings. The lowest BCUT2D eigenvalue weighted by Crippen LogP contribution is -2.45. The first-order chi connectivity index (χ1) is 8.98. The monoisotopic (exact) mass is 267 g/mol. The molecule has 1 N–H and O–H groups in total. The summed E-state index contributed by atoms with van der Waals surface area (Å²) in [6.45, 7) is 4.95. The van der Waals surface area contributed by atoms with E-state index < -0.39 is 5.97 Å². The molecule has 0 aromatic carbocycles. The lowest BCUT2D eigenvalue weighted by molar-refractivity contribution is -0.139. The van der Waals surface area contributed by atoms with Gasteiger partial charge in [-0.05, 0) is 43.9 Å². The van der Waals surface area contributed by atoms with Gasteiger partial charge in [0.15, 0.2) is 0 Å². The first-order valence-corrected chi connectivity index (χ1v) is 7.95. The van der Waals surface area contributed by atoms with Gasteiger partial charge in [-0.1, -0.05) is 33.1 Å². The molecule has 1 atom stereocenters. The summed E-state index contributed by atoms with van der Waals surface area (Å²) in [7, 11) is 0. The van der Waals surface area contributed by atoms with Crippen LogP contribution in [0.4, 0.5) is 0 Å². The van der Waals surface area contributed by atoms with Gasteiger partial charge < -0.3 is 5.11 Å². The number of aliphatic carboxylic acids is 1. The largest absolute Gasteiger partial charge is 0.480 e. The minimum Gasteiger partial charge on any atom is -0.480 e. The number of hydrogen-bond acceptors (Lipinski definition) is 2. The fourth-order valence-corrected chi connectivity index (χ4v) is 3.92. The highest BCUT2D eigenvalue weighted by atomic mass is 16.4. The molecule has 0 saturated heterocycles. The number of nitrogens with zero attached hydrogens (tertiary/aromatic N) is 1. The summed E-state index contributed by atoms with van der Waals surface area (Å²) >= 11 is 0.